The number of carboxylic acids is 1. The van der Waals surface area contributed by atoms with Crippen molar-refractivity contribution in [3.8, 4) is 0 Å². The Bertz CT molecular complexity index is 331. The van der Waals surface area contributed by atoms with Gasteiger partial charge in [-0.25, -0.2) is 4.79 Å². The molecule has 0 unspecified atom stereocenters. The van der Waals surface area contributed by atoms with E-state index in [9.17, 15) is 9.59 Å². The van der Waals surface area contributed by atoms with Crippen LogP contribution in [-0.2, 0) is 4.79 Å². The maximum absolute atomic E-state index is 11.9. The van der Waals surface area contributed by atoms with Crippen molar-refractivity contribution >= 4 is 12.0 Å². The van der Waals surface area contributed by atoms with Crippen LogP contribution in [0.3, 0.4) is 0 Å². The maximum atomic E-state index is 11.9. The summed E-state index contributed by atoms with van der Waals surface area (Å²) in [4.78, 5) is 24.5. The molecule has 2 aliphatic rings. The van der Waals surface area contributed by atoms with Crippen LogP contribution in [0.5, 0.6) is 0 Å². The van der Waals surface area contributed by atoms with Gasteiger partial charge in [0.15, 0.2) is 0 Å². The first-order chi connectivity index (χ1) is 8.56. The summed E-state index contributed by atoms with van der Waals surface area (Å²) in [7, 11) is 0. The highest BCUT2D eigenvalue weighted by atomic mass is 16.4. The fourth-order valence-corrected chi connectivity index (χ4v) is 2.54. The SMILES string of the molecule is CCC1(CNC(=O)N2CCC(C(=O)O)CC2)CC1. The average Bonchev–Trinajstić information content (AvgIpc) is 3.17. The smallest absolute Gasteiger partial charge is 0.317 e. The number of rotatable bonds is 4. The van der Waals surface area contributed by atoms with E-state index < -0.39 is 5.97 Å². The van der Waals surface area contributed by atoms with Gasteiger partial charge in [0.1, 0.15) is 0 Å². The molecule has 1 saturated heterocycles. The van der Waals surface area contributed by atoms with Gasteiger partial charge in [0.25, 0.3) is 0 Å². The Hall–Kier alpha value is -1.26. The van der Waals surface area contributed by atoms with E-state index in [0.717, 1.165) is 13.0 Å². The molecule has 2 N–H and O–H groups in total. The second kappa shape index (κ2) is 5.16. The van der Waals surface area contributed by atoms with Crippen molar-refractivity contribution in [3.05, 3.63) is 0 Å². The molecule has 0 aromatic heterocycles. The molecule has 0 radical (unpaired) electrons. The predicted octanol–water partition coefficient (Wildman–Crippen LogP) is 1.68. The van der Waals surface area contributed by atoms with E-state index in [2.05, 4.69) is 12.2 Å². The van der Waals surface area contributed by atoms with Crippen molar-refractivity contribution in [2.75, 3.05) is 19.6 Å². The maximum Gasteiger partial charge on any atom is 0.317 e. The quantitative estimate of drug-likeness (QED) is 0.802. The normalized spacial score (nSPS) is 22.6. The molecule has 5 nitrogen and oxygen atoms in total. The summed E-state index contributed by atoms with van der Waals surface area (Å²) >= 11 is 0. The molecule has 2 amide bonds. The molecule has 2 rings (SSSR count). The number of carboxylic acid groups (broad SMARTS) is 1. The number of urea groups is 1. The van der Waals surface area contributed by atoms with Crippen LogP contribution < -0.4 is 5.32 Å². The molecule has 1 heterocycles. The standard InChI is InChI=1S/C13H22N2O3/c1-2-13(5-6-13)9-14-12(18)15-7-3-10(4-8-15)11(16)17/h10H,2-9H2,1H3,(H,14,18)(H,16,17). The first-order valence-corrected chi connectivity index (χ1v) is 6.82. The van der Waals surface area contributed by atoms with E-state index >= 15 is 0 Å². The van der Waals surface area contributed by atoms with Gasteiger partial charge in [0.05, 0.1) is 5.92 Å². The fraction of sp³-hybridized carbons (Fsp3) is 0.846. The van der Waals surface area contributed by atoms with E-state index in [1.807, 2.05) is 0 Å². The van der Waals surface area contributed by atoms with Crippen molar-refractivity contribution in [1.82, 2.24) is 10.2 Å². The molecule has 18 heavy (non-hydrogen) atoms. The minimum Gasteiger partial charge on any atom is -0.481 e. The summed E-state index contributed by atoms with van der Waals surface area (Å²) in [5.74, 6) is -1.02. The zero-order valence-corrected chi connectivity index (χ0v) is 10.9. The van der Waals surface area contributed by atoms with Crippen molar-refractivity contribution in [2.24, 2.45) is 11.3 Å². The zero-order chi connectivity index (χ0) is 13.2. The van der Waals surface area contributed by atoms with Crippen molar-refractivity contribution in [1.29, 1.82) is 0 Å². The molecule has 1 saturated carbocycles. The molecule has 0 aromatic carbocycles. The number of aliphatic carboxylic acids is 1. The van der Waals surface area contributed by atoms with E-state index in [1.54, 1.807) is 4.90 Å². The topological polar surface area (TPSA) is 69.6 Å². The minimum atomic E-state index is -0.738. The van der Waals surface area contributed by atoms with Gasteiger partial charge in [-0.2, -0.15) is 0 Å². The molecular formula is C13H22N2O3. The summed E-state index contributed by atoms with van der Waals surface area (Å²) in [6, 6.07) is -0.0291. The number of nitrogens with zero attached hydrogens (tertiary/aromatic N) is 1. The lowest BCUT2D eigenvalue weighted by Crippen LogP contribution is -2.46. The van der Waals surface area contributed by atoms with E-state index in [4.69, 9.17) is 5.11 Å². The molecule has 1 aliphatic carbocycles. The highest BCUT2D eigenvalue weighted by molar-refractivity contribution is 5.75. The van der Waals surface area contributed by atoms with Crippen LogP contribution >= 0.6 is 0 Å². The lowest BCUT2D eigenvalue weighted by molar-refractivity contribution is -0.143. The van der Waals surface area contributed by atoms with Gasteiger partial charge in [0.2, 0.25) is 0 Å². The van der Waals surface area contributed by atoms with Crippen LogP contribution in [0.2, 0.25) is 0 Å². The van der Waals surface area contributed by atoms with Crippen molar-refractivity contribution in [2.45, 2.75) is 39.0 Å². The molecule has 0 bridgehead atoms. The van der Waals surface area contributed by atoms with Crippen LogP contribution in [0.15, 0.2) is 0 Å². The van der Waals surface area contributed by atoms with E-state index in [0.29, 0.717) is 31.3 Å². The van der Waals surface area contributed by atoms with Crippen LogP contribution in [0, 0.1) is 11.3 Å². The zero-order valence-electron chi connectivity index (χ0n) is 10.9. The second-order valence-electron chi connectivity index (χ2n) is 5.61. The predicted molar refractivity (Wildman–Crippen MR) is 67.3 cm³/mol. The van der Waals surface area contributed by atoms with Crippen molar-refractivity contribution < 1.29 is 14.7 Å². The molecule has 5 heteroatoms. The van der Waals surface area contributed by atoms with Crippen LogP contribution in [0.1, 0.15) is 39.0 Å². The fourth-order valence-electron chi connectivity index (χ4n) is 2.54. The number of piperidine rings is 1. The Morgan fingerprint density at radius 1 is 1.33 bits per heavy atom. The van der Waals surface area contributed by atoms with Crippen LogP contribution in [-0.4, -0.2) is 41.6 Å². The Balaban J connectivity index is 1.72. The molecule has 102 valence electrons. The first-order valence-electron chi connectivity index (χ1n) is 6.82. The summed E-state index contributed by atoms with van der Waals surface area (Å²) in [6.45, 7) is 4.04. The van der Waals surface area contributed by atoms with Gasteiger partial charge in [-0.1, -0.05) is 6.92 Å². The summed E-state index contributed by atoms with van der Waals surface area (Å²) < 4.78 is 0. The third-order valence-electron chi connectivity index (χ3n) is 4.45. The van der Waals surface area contributed by atoms with E-state index in [-0.39, 0.29) is 11.9 Å². The molecule has 0 spiro atoms. The number of hydrogen-bond acceptors (Lipinski definition) is 2. The summed E-state index contributed by atoms with van der Waals surface area (Å²) in [6.07, 6.45) is 4.69. The number of hydrogen-bond donors (Lipinski definition) is 2. The van der Waals surface area contributed by atoms with Crippen LogP contribution in [0.4, 0.5) is 4.79 Å². The average molecular weight is 254 g/mol. The highest BCUT2D eigenvalue weighted by Crippen LogP contribution is 2.47. The van der Waals surface area contributed by atoms with Gasteiger partial charge >= 0.3 is 12.0 Å². The molecule has 0 aromatic rings. The van der Waals surface area contributed by atoms with E-state index in [1.165, 1.54) is 12.8 Å². The Kier molecular flexibility index (Phi) is 3.78. The first kappa shape index (κ1) is 13.2. The van der Waals surface area contributed by atoms with Crippen molar-refractivity contribution in [3.63, 3.8) is 0 Å². The van der Waals surface area contributed by atoms with Gasteiger partial charge in [-0.15, -0.1) is 0 Å². The van der Waals surface area contributed by atoms with Gasteiger partial charge in [-0.3, -0.25) is 4.79 Å². The largest absolute Gasteiger partial charge is 0.481 e. The third kappa shape index (κ3) is 2.94. The molecular weight excluding hydrogens is 232 g/mol. The Labute approximate surface area is 108 Å². The number of amides is 2. The molecule has 2 fully saturated rings. The van der Waals surface area contributed by atoms with Gasteiger partial charge in [0, 0.05) is 19.6 Å². The summed E-state index contributed by atoms with van der Waals surface area (Å²) in [5.41, 5.74) is 0.356. The molecule has 0 atom stereocenters. The van der Waals surface area contributed by atoms with Gasteiger partial charge < -0.3 is 15.3 Å². The Morgan fingerprint density at radius 3 is 2.39 bits per heavy atom. The summed E-state index contributed by atoms with van der Waals surface area (Å²) in [5, 5.41) is 11.9. The minimum absolute atomic E-state index is 0.0291. The number of nitrogens with one attached hydrogen (secondary N) is 1. The Morgan fingerprint density at radius 2 is 1.94 bits per heavy atom. The number of carbonyl (C=O) groups is 2. The van der Waals surface area contributed by atoms with Crippen LogP contribution in [0.25, 0.3) is 0 Å². The van der Waals surface area contributed by atoms with Gasteiger partial charge in [-0.05, 0) is 37.5 Å². The lowest BCUT2D eigenvalue weighted by Gasteiger charge is -2.30. The highest BCUT2D eigenvalue weighted by Gasteiger charge is 2.41. The third-order valence-corrected chi connectivity index (χ3v) is 4.45. The monoisotopic (exact) mass is 254 g/mol. The second-order valence-corrected chi connectivity index (χ2v) is 5.61. The molecule has 1 aliphatic heterocycles. The lowest BCUT2D eigenvalue weighted by atomic mass is 9.97. The number of carbonyl (C=O) groups excluding carboxylic acids is 1. The number of likely N-dealkylation sites (tertiary alicyclic amines) is 1.